The van der Waals surface area contributed by atoms with Crippen molar-refractivity contribution in [2.45, 2.75) is 259 Å². The quantitative estimate of drug-likeness (QED) is 0.0303. The number of esters is 4. The maximum absolute atomic E-state index is 13.8. The molecule has 120 heavy (non-hydrogen) atoms. The van der Waals surface area contributed by atoms with Crippen molar-refractivity contribution in [1.29, 1.82) is 0 Å². The second kappa shape index (κ2) is 43.9. The summed E-state index contributed by atoms with van der Waals surface area (Å²) >= 11 is 0. The Balaban J connectivity index is 0.000000290. The van der Waals surface area contributed by atoms with E-state index in [1.54, 1.807) is 0 Å². The van der Waals surface area contributed by atoms with Gasteiger partial charge in [0.25, 0.3) is 0 Å². The van der Waals surface area contributed by atoms with E-state index in [2.05, 4.69) is 0 Å². The van der Waals surface area contributed by atoms with Crippen molar-refractivity contribution in [2.24, 2.45) is 93.8 Å². The minimum atomic E-state index is -4.27. The van der Waals surface area contributed by atoms with Crippen molar-refractivity contribution in [2.75, 3.05) is 109 Å². The Labute approximate surface area is 832 Å². The molecule has 0 aliphatic carbocycles. The Morgan fingerprint density at radius 2 is 0.583 bits per heavy atom. The Hall–Kier alpha value is -7.16. The Kier molecular flexibility index (Phi) is 12.7. The average Bonchev–Trinajstić information content (AvgIpc) is 0.580. The van der Waals surface area contributed by atoms with Gasteiger partial charge in [-0.25, -0.2) is 0 Å². The highest BCUT2D eigenvalue weighted by Gasteiger charge is 2.47. The van der Waals surface area contributed by atoms with E-state index >= 15 is 0 Å². The van der Waals surface area contributed by atoms with Crippen LogP contribution < -0.4 is 60.8 Å². The number of methoxy groups -OCH3 is 8. The van der Waals surface area contributed by atoms with E-state index in [9.17, 15) is 56.2 Å². The van der Waals surface area contributed by atoms with E-state index < -0.39 is 432 Å². The number of piperidine rings is 4. The third-order valence-electron chi connectivity index (χ3n) is 17.3. The van der Waals surface area contributed by atoms with Crippen LogP contribution in [0.25, 0.3) is 0 Å². The van der Waals surface area contributed by atoms with Gasteiger partial charge in [0.2, 0.25) is 0 Å². The number of rotatable bonds is 28. The van der Waals surface area contributed by atoms with E-state index in [0.717, 1.165) is 59.8 Å². The van der Waals surface area contributed by atoms with E-state index in [-0.39, 0.29) is 42.6 Å². The Morgan fingerprint density at radius 1 is 0.358 bits per heavy atom. The summed E-state index contributed by atoms with van der Waals surface area (Å²) in [6.45, 7) is -52.0. The molecule has 12 unspecified atom stereocenters. The molecule has 8 aliphatic rings. The van der Waals surface area contributed by atoms with Crippen LogP contribution in [-0.2, 0) is 63.6 Å². The van der Waals surface area contributed by atoms with E-state index in [0.29, 0.717) is 24.3 Å². The summed E-state index contributed by atoms with van der Waals surface area (Å²) < 4.78 is 751. The molecule has 4 fully saturated rings. The number of carbonyl (C=O) groups is 4. The number of aryl methyl sites for hydroxylation is 4. The number of ether oxygens (including phenoxy) is 12. The van der Waals surface area contributed by atoms with Crippen molar-refractivity contribution in [3.63, 3.8) is 0 Å². The summed E-state index contributed by atoms with van der Waals surface area (Å²) in [4.78, 5) is 54.2. The molecule has 0 saturated carbocycles. The van der Waals surface area contributed by atoms with Crippen LogP contribution >= 0.6 is 0 Å². The van der Waals surface area contributed by atoms with Crippen LogP contribution in [0, 0.1) is 70.8 Å². The maximum Gasteiger partial charge on any atom is 0.323 e. The van der Waals surface area contributed by atoms with Crippen LogP contribution in [0.5, 0.6) is 46.0 Å². The molecule has 4 aromatic carbocycles. The highest BCUT2D eigenvalue weighted by molar-refractivity contribution is 5.77. The predicted octanol–water partition coefficient (Wildman–Crippen LogP) is 14.3. The first-order valence-electron chi connectivity index (χ1n) is 76.7. The summed E-state index contributed by atoms with van der Waals surface area (Å²) in [5.74, 6) is -48.5. The van der Waals surface area contributed by atoms with Crippen molar-refractivity contribution < 1.29 is 187 Å². The molecule has 24 nitrogen and oxygen atoms in total. The summed E-state index contributed by atoms with van der Waals surface area (Å²) in [6.07, 6.45) is -49.1. The highest BCUT2D eigenvalue weighted by atomic mass is 16.6. The molecule has 8 aliphatic heterocycles. The van der Waals surface area contributed by atoms with Gasteiger partial charge in [-0.1, -0.05) is 110 Å². The van der Waals surface area contributed by atoms with Crippen molar-refractivity contribution in [3.8, 4) is 46.0 Å². The third-order valence-corrected chi connectivity index (χ3v) is 17.3. The minimum absolute atomic E-state index is 0.0863. The van der Waals surface area contributed by atoms with Crippen LogP contribution in [0.3, 0.4) is 0 Å². The first-order valence-corrected chi connectivity index (χ1v) is 36.2. The number of benzene rings is 4. The minimum Gasteiger partial charge on any atom is -0.493 e. The van der Waals surface area contributed by atoms with Gasteiger partial charge in [0.1, 0.15) is 48.4 Å². The molecule has 0 spiro atoms. The molecular weight excluding hydrogens is 1520 g/mol. The summed E-state index contributed by atoms with van der Waals surface area (Å²) in [7, 11) is -0.00745. The Bertz CT molecular complexity index is 7620. The van der Waals surface area contributed by atoms with Gasteiger partial charge in [0.05, 0.1) is 80.0 Å². The van der Waals surface area contributed by atoms with Gasteiger partial charge in [-0.15, -0.1) is 0 Å². The SMILES string of the molecule is [2H]C([2H])([2H])C([2H])(C([2H])([2H])[2H])[C@]([2H])(N)C(=O)OC1([2H])C([2H])([2H])C2([2H])c3cc(OC)c(OC)cc3C([2H])([2H])C([2H])([2H])N2C([2H])([2H])C1([2H])CC(C)C.[2H]C([2H])([2H])C([2H])(C([2H])([2H])[2H])[C@]([2H])(N)C(=O)OC1C([2H])([2H])C2([2H])c3cc(OC)c(OC)cc3C([2H])([2H])C([2H])([2H])N2C([2H])([2H])C1([2H])CC(C)C.[2H]C([2H])([2H])Oc1cc2c(cc1OC)C1([2H])N(C([2H])([2H])C2([2H])[2H])C([2H])([2H])C([2H])(CC(C)C)C([2H])(OC(=O)[C@@]([2H])(N)C([2H])(C([2H])([2H])[2H])C([2H])([2H])[2H])C1([2H])[2H].[2H]C([2H])([2H])Oc1cc2c(cc1OC)C1([2H])N(C([2H])([2H])C2([2H])[2H])C([2H])([2H])C([2H])(CC(C)C)C([2H])(OC(=O)[C@@]([2H])(N)C([2H])(C([2H])([2H])[2H])C([2H])([2H])[2H])C1([2H])[2H]. The molecule has 672 valence electrons. The molecule has 8 heterocycles. The molecule has 4 aromatic rings. The molecule has 16 atom stereocenters. The predicted molar refractivity (Wildman–Crippen MR) is 471 cm³/mol. The first kappa shape index (κ1) is 34.6. The fourth-order valence-electron chi connectivity index (χ4n) is 11.7. The number of hydrogen-bond donors (Lipinski definition) is 4. The molecule has 0 amide bonds. The highest BCUT2D eigenvalue weighted by Crippen LogP contribution is 2.50. The van der Waals surface area contributed by atoms with Crippen LogP contribution in [0.2, 0.25) is 0 Å². The van der Waals surface area contributed by atoms with Gasteiger partial charge in [-0.2, -0.15) is 0 Å². The van der Waals surface area contributed by atoms with E-state index in [4.69, 9.17) is 154 Å². The molecule has 0 bridgehead atoms. The zero-order valence-electron chi connectivity index (χ0n) is 148. The van der Waals surface area contributed by atoms with Gasteiger partial charge >= 0.3 is 23.9 Å². The standard InChI is InChI=1S/4C24H38N2O4/c4*1-14(2)9-17-13-26-8-7-16-10-21(28-5)22(29-6)11-18(16)19(26)12-20(17)30-24(27)23(25)15(3)4/h4*10-11,14-15,17,19-20,23H,7-9,12-13,25H2,1-6H3/t4*17?,19?,20?,23-/m0000/s1/i2*3D3,4D3,5D3,7D2,8D2,12D2,13D2,15D,17D,19D,20D,23D;3D3,4D3,7D2,8D2,12D2,13D2,15D,17D,19D,20D,23D;3D3,4D3,7D2,8D2,12D2,13D2,15D,17D,19D,23D. The number of carbonyl (C=O) groups excluding carboxylic acids is 4. The molecule has 24 heteroatoms. The lowest BCUT2D eigenvalue weighted by molar-refractivity contribution is -0.161. The molecule has 0 aromatic heterocycles. The van der Waals surface area contributed by atoms with Crippen LogP contribution in [-0.4, -0.2) is 201 Å². The summed E-state index contributed by atoms with van der Waals surface area (Å²) in [6, 6.07) is -25.7. The van der Waals surface area contributed by atoms with E-state index in [1.807, 2.05) is 0 Å². The zero-order chi connectivity index (χ0) is 159. The molecule has 0 radical (unpaired) electrons. The van der Waals surface area contributed by atoms with Gasteiger partial charge in [0.15, 0.2) is 46.0 Å². The molecular formula is C96H152N8O16. The lowest BCUT2D eigenvalue weighted by Crippen LogP contribution is -2.51. The lowest BCUT2D eigenvalue weighted by atomic mass is 9.79. The normalized spacial score (nSPS) is 50.8. The maximum atomic E-state index is 13.8. The van der Waals surface area contributed by atoms with Crippen LogP contribution in [0.4, 0.5) is 0 Å². The fraction of sp³-hybridized carbons (Fsp3) is 0.708. The monoisotopic (exact) mass is 1750 g/mol. The second-order valence-corrected chi connectivity index (χ2v) is 27.9. The van der Waals surface area contributed by atoms with Crippen molar-refractivity contribution in [1.82, 2.24) is 19.6 Å². The summed E-state index contributed by atoms with van der Waals surface area (Å²) in [5, 5.41) is 0. The van der Waals surface area contributed by atoms with Crippen molar-refractivity contribution >= 4 is 23.9 Å². The molecule has 4 saturated heterocycles. The first-order chi connectivity index (χ1) is 88.0. The summed E-state index contributed by atoms with van der Waals surface area (Å²) in [5.41, 5.74) is 15.4. The number of nitrogens with zero attached hydrogens (tertiary/aromatic N) is 4. The van der Waals surface area contributed by atoms with Gasteiger partial charge in [-0.05, 0) is 191 Å². The molecule has 8 N–H and O–H groups in total. The van der Waals surface area contributed by atoms with Gasteiger partial charge in [-0.3, -0.25) is 38.8 Å². The Morgan fingerprint density at radius 3 is 0.825 bits per heavy atom. The van der Waals surface area contributed by atoms with Crippen LogP contribution in [0.15, 0.2) is 48.5 Å². The topological polar surface area (TPSA) is 296 Å². The molecule has 12 rings (SSSR count). The average molecular weight is 1760 g/mol. The second-order valence-electron chi connectivity index (χ2n) is 27.9. The number of nitrogens with two attached hydrogens (primary N) is 4. The lowest BCUT2D eigenvalue weighted by Gasteiger charge is -2.47. The van der Waals surface area contributed by atoms with Crippen molar-refractivity contribution in [3.05, 3.63) is 93.0 Å². The smallest absolute Gasteiger partial charge is 0.323 e. The third kappa shape index (κ3) is 23.8. The van der Waals surface area contributed by atoms with E-state index in [1.165, 1.54) is 62.5 Å². The van der Waals surface area contributed by atoms with Gasteiger partial charge in [0, 0.05) is 213 Å². The van der Waals surface area contributed by atoms with Crippen LogP contribution in [0.1, 0.15) is 341 Å². The zero-order valence-corrected chi connectivity index (χ0v) is 67.5. The number of fused-ring (bicyclic) bond motifs is 12. The largest absolute Gasteiger partial charge is 0.493 e. The van der Waals surface area contributed by atoms with Gasteiger partial charge < -0.3 is 79.8 Å². The number of hydrogen-bond acceptors (Lipinski definition) is 24. The fourth-order valence-corrected chi connectivity index (χ4v) is 11.7.